The van der Waals surface area contributed by atoms with Gasteiger partial charge in [-0.25, -0.2) is 8.42 Å². The van der Waals surface area contributed by atoms with E-state index < -0.39 is 9.84 Å². The summed E-state index contributed by atoms with van der Waals surface area (Å²) < 4.78 is 24.1. The van der Waals surface area contributed by atoms with Crippen molar-refractivity contribution in [2.75, 3.05) is 23.0 Å². The Labute approximate surface area is 162 Å². The van der Waals surface area contributed by atoms with E-state index in [-0.39, 0.29) is 29.5 Å². The molecule has 27 heavy (non-hydrogen) atoms. The molecule has 6 heteroatoms. The Balaban J connectivity index is 1.55. The topological polar surface area (TPSA) is 57.7 Å². The number of hydrogen-bond donors (Lipinski definition) is 0. The number of rotatable bonds is 4. The van der Waals surface area contributed by atoms with Crippen LogP contribution in [0.1, 0.15) is 51.0 Å². The monoisotopic (exact) mass is 390 g/mol. The number of benzene rings is 1. The Morgan fingerprint density at radius 2 is 1.85 bits per heavy atom. The van der Waals surface area contributed by atoms with Crippen molar-refractivity contribution < 1.29 is 13.2 Å². The van der Waals surface area contributed by atoms with Crippen LogP contribution in [0.25, 0.3) is 0 Å². The van der Waals surface area contributed by atoms with Gasteiger partial charge in [0, 0.05) is 23.8 Å². The number of nitrogens with zero attached hydrogens (tertiary/aromatic N) is 2. The summed E-state index contributed by atoms with van der Waals surface area (Å²) in [6.07, 6.45) is 7.07. The van der Waals surface area contributed by atoms with Gasteiger partial charge in [-0.05, 0) is 44.2 Å². The Kier molecular flexibility index (Phi) is 5.19. The molecule has 3 aliphatic rings. The molecule has 1 aliphatic carbocycles. The van der Waals surface area contributed by atoms with Gasteiger partial charge in [0.15, 0.2) is 9.84 Å². The fraction of sp³-hybridized carbons (Fsp3) is 0.667. The van der Waals surface area contributed by atoms with Crippen molar-refractivity contribution in [3.05, 3.63) is 29.8 Å². The second-order valence-corrected chi connectivity index (χ2v) is 10.7. The van der Waals surface area contributed by atoms with Crippen molar-refractivity contribution in [1.82, 2.24) is 4.90 Å². The Morgan fingerprint density at radius 3 is 2.56 bits per heavy atom. The molecule has 2 heterocycles. The number of carbonyl (C=O) groups is 1. The first kappa shape index (κ1) is 18.8. The molecule has 1 amide bonds. The van der Waals surface area contributed by atoms with Gasteiger partial charge in [0.25, 0.3) is 0 Å². The summed E-state index contributed by atoms with van der Waals surface area (Å²) in [5, 5.41) is 0. The van der Waals surface area contributed by atoms with E-state index in [1.54, 1.807) is 0 Å². The highest BCUT2D eigenvalue weighted by molar-refractivity contribution is 7.91. The molecule has 2 aliphatic heterocycles. The summed E-state index contributed by atoms with van der Waals surface area (Å²) in [5.74, 6) is 0.464. The highest BCUT2D eigenvalue weighted by atomic mass is 32.2. The number of sulfone groups is 1. The molecule has 2 unspecified atom stereocenters. The second-order valence-electron chi connectivity index (χ2n) is 8.46. The van der Waals surface area contributed by atoms with Crippen LogP contribution >= 0.6 is 0 Å². The van der Waals surface area contributed by atoms with E-state index >= 15 is 0 Å². The van der Waals surface area contributed by atoms with Gasteiger partial charge in [-0.2, -0.15) is 0 Å². The smallest absolute Gasteiger partial charge is 0.242 e. The van der Waals surface area contributed by atoms with Gasteiger partial charge >= 0.3 is 0 Å². The van der Waals surface area contributed by atoms with E-state index in [9.17, 15) is 13.2 Å². The maximum Gasteiger partial charge on any atom is 0.242 e. The largest absolute Gasteiger partial charge is 0.359 e. The molecule has 0 radical (unpaired) electrons. The van der Waals surface area contributed by atoms with Crippen LogP contribution in [-0.4, -0.2) is 55.4 Å². The van der Waals surface area contributed by atoms with Gasteiger partial charge in [-0.1, -0.05) is 37.5 Å². The molecule has 2 fully saturated rings. The maximum absolute atomic E-state index is 13.4. The molecular formula is C21H30N2O3S. The molecule has 0 bridgehead atoms. The number of carbonyl (C=O) groups excluding carboxylic acids is 1. The summed E-state index contributed by atoms with van der Waals surface area (Å²) in [5.41, 5.74) is 2.45. The first-order chi connectivity index (χ1) is 12.9. The molecule has 2 atom stereocenters. The molecule has 1 aromatic rings. The van der Waals surface area contributed by atoms with E-state index in [1.165, 1.54) is 12.0 Å². The summed E-state index contributed by atoms with van der Waals surface area (Å²) >= 11 is 0. The zero-order valence-corrected chi connectivity index (χ0v) is 17.0. The summed E-state index contributed by atoms with van der Waals surface area (Å²) in [6.45, 7) is 2.52. The molecule has 1 saturated carbocycles. The molecule has 5 nitrogen and oxygen atoms in total. The predicted molar refractivity (Wildman–Crippen MR) is 108 cm³/mol. The van der Waals surface area contributed by atoms with Crippen LogP contribution in [-0.2, 0) is 21.1 Å². The van der Waals surface area contributed by atoms with Crippen LogP contribution in [0.3, 0.4) is 0 Å². The van der Waals surface area contributed by atoms with Gasteiger partial charge in [0.05, 0.1) is 18.1 Å². The first-order valence-corrected chi connectivity index (χ1v) is 12.1. The lowest BCUT2D eigenvalue weighted by Gasteiger charge is -2.39. The normalized spacial score (nSPS) is 27.5. The highest BCUT2D eigenvalue weighted by Crippen LogP contribution is 2.33. The summed E-state index contributed by atoms with van der Waals surface area (Å²) in [6, 6.07) is 8.67. The van der Waals surface area contributed by atoms with Crippen molar-refractivity contribution in [1.29, 1.82) is 0 Å². The van der Waals surface area contributed by atoms with E-state index in [0.717, 1.165) is 37.8 Å². The number of amides is 1. The molecule has 0 aromatic heterocycles. The Morgan fingerprint density at radius 1 is 1.11 bits per heavy atom. The Hall–Kier alpha value is -1.56. The fourth-order valence-corrected chi connectivity index (χ4v) is 6.87. The molecule has 4 rings (SSSR count). The van der Waals surface area contributed by atoms with Crippen molar-refractivity contribution >= 4 is 21.4 Å². The van der Waals surface area contributed by atoms with Crippen LogP contribution in [0, 0.1) is 0 Å². The minimum Gasteiger partial charge on any atom is -0.359 e. The molecule has 148 valence electrons. The maximum atomic E-state index is 13.4. The molecule has 0 N–H and O–H groups in total. The average molecular weight is 391 g/mol. The van der Waals surface area contributed by atoms with Crippen molar-refractivity contribution in [2.24, 2.45) is 0 Å². The number of hydrogen-bond acceptors (Lipinski definition) is 4. The minimum atomic E-state index is -3.01. The number of fused-ring (bicyclic) bond motifs is 1. The lowest BCUT2D eigenvalue weighted by atomic mass is 9.92. The predicted octanol–water partition coefficient (Wildman–Crippen LogP) is 2.79. The van der Waals surface area contributed by atoms with E-state index in [4.69, 9.17) is 0 Å². The average Bonchev–Trinajstić information content (AvgIpc) is 3.15. The molecule has 1 saturated heterocycles. The van der Waals surface area contributed by atoms with Crippen LogP contribution in [0.5, 0.6) is 0 Å². The van der Waals surface area contributed by atoms with E-state index in [0.29, 0.717) is 19.0 Å². The summed E-state index contributed by atoms with van der Waals surface area (Å²) in [7, 11) is -3.01. The quantitative estimate of drug-likeness (QED) is 0.793. The van der Waals surface area contributed by atoms with Gasteiger partial charge in [0.1, 0.15) is 0 Å². The fourth-order valence-electron chi connectivity index (χ4n) is 5.16. The molecule has 1 aromatic carbocycles. The summed E-state index contributed by atoms with van der Waals surface area (Å²) in [4.78, 5) is 17.6. The lowest BCUT2D eigenvalue weighted by Crippen LogP contribution is -2.52. The third-order valence-electron chi connectivity index (χ3n) is 6.51. The van der Waals surface area contributed by atoms with Crippen LogP contribution in [0.4, 0.5) is 5.69 Å². The van der Waals surface area contributed by atoms with Crippen molar-refractivity contribution in [3.8, 4) is 0 Å². The molecular weight excluding hydrogens is 360 g/mol. The number of para-hydroxylation sites is 1. The van der Waals surface area contributed by atoms with E-state index in [1.807, 2.05) is 11.0 Å². The van der Waals surface area contributed by atoms with Gasteiger partial charge < -0.3 is 9.80 Å². The lowest BCUT2D eigenvalue weighted by molar-refractivity contribution is -0.135. The third kappa shape index (κ3) is 3.86. The van der Waals surface area contributed by atoms with Crippen molar-refractivity contribution in [3.63, 3.8) is 0 Å². The number of anilines is 1. The third-order valence-corrected chi connectivity index (χ3v) is 8.26. The second kappa shape index (κ2) is 7.46. The highest BCUT2D eigenvalue weighted by Gasteiger charge is 2.39. The molecule has 0 spiro atoms. The Bertz CT molecular complexity index is 801. The zero-order chi connectivity index (χ0) is 19.0. The standard InChI is InChI=1S/C21H30N2O3S/c1-16-13-17-7-5-6-10-20(17)22(16)14-21(24)23(18-8-3-2-4-9-18)19-11-12-27(25,26)15-19/h5-7,10,16,18-19H,2-4,8-9,11-15H2,1H3. The van der Waals surface area contributed by atoms with Gasteiger partial charge in [-0.3, -0.25) is 4.79 Å². The van der Waals surface area contributed by atoms with Crippen LogP contribution in [0.15, 0.2) is 24.3 Å². The minimum absolute atomic E-state index is 0.104. The van der Waals surface area contributed by atoms with Crippen LogP contribution in [0.2, 0.25) is 0 Å². The zero-order valence-electron chi connectivity index (χ0n) is 16.1. The SMILES string of the molecule is CC1Cc2ccccc2N1CC(=O)N(C1CCCCC1)C1CCS(=O)(=O)C1. The van der Waals surface area contributed by atoms with Gasteiger partial charge in [-0.15, -0.1) is 0 Å². The first-order valence-electron chi connectivity index (χ1n) is 10.3. The van der Waals surface area contributed by atoms with Crippen LogP contribution < -0.4 is 4.90 Å². The van der Waals surface area contributed by atoms with E-state index in [2.05, 4.69) is 30.0 Å². The van der Waals surface area contributed by atoms with Gasteiger partial charge in [0.2, 0.25) is 5.91 Å². The van der Waals surface area contributed by atoms with Crippen molar-refractivity contribution in [2.45, 2.75) is 70.0 Å².